The van der Waals surface area contributed by atoms with Crippen LogP contribution in [0, 0.1) is 0 Å². The molecule has 0 amide bonds. The Bertz CT molecular complexity index is 891. The number of hydrogen-bond acceptors (Lipinski definition) is 7. The quantitative estimate of drug-likeness (QED) is 0.180. The topological polar surface area (TPSA) is 142 Å². The summed E-state index contributed by atoms with van der Waals surface area (Å²) in [6.07, 6.45) is 6.70. The largest absolute Gasteiger partial charge is 0.478 e. The second-order valence-electron chi connectivity index (χ2n) is 5.24. The van der Waals surface area contributed by atoms with Gasteiger partial charge in [0.05, 0.1) is 17.5 Å². The van der Waals surface area contributed by atoms with E-state index in [-0.39, 0.29) is 17.1 Å². The van der Waals surface area contributed by atoms with Crippen molar-refractivity contribution in [1.82, 2.24) is 9.38 Å². The summed E-state index contributed by atoms with van der Waals surface area (Å²) in [7, 11) is 0. The molecular formula is C18H26N6O3S. The number of thioether (sulfide) groups is 1. The van der Waals surface area contributed by atoms with Gasteiger partial charge in [0.25, 0.3) is 0 Å². The van der Waals surface area contributed by atoms with Crippen molar-refractivity contribution in [2.45, 2.75) is 26.5 Å². The van der Waals surface area contributed by atoms with Crippen LogP contribution in [-0.2, 0) is 5.75 Å². The second-order valence-corrected chi connectivity index (χ2v) is 6.46. The van der Waals surface area contributed by atoms with E-state index in [2.05, 4.69) is 16.7 Å². The van der Waals surface area contributed by atoms with Crippen LogP contribution in [0.15, 0.2) is 47.2 Å². The number of fused-ring (bicyclic) bond motifs is 1. The molecule has 152 valence electrons. The molecule has 0 aliphatic rings. The number of aliphatic hydroxyl groups is 1. The molecule has 0 saturated heterocycles. The standard InChI is InChI=1S/C16H20N6O3S.C2H6/c1-3-4-10(2)26-9-12-6-19-15-13(22(18)14(8-23)20-17)5-11(16(24)25)7-21(12)15;1-2/h3-7,23H,1,8-9,17-18H2,2H3,(H,24,25);1-2H3/b10-4-,20-14-;. The number of carboxylic acids is 1. The first-order valence-corrected chi connectivity index (χ1v) is 9.49. The Morgan fingerprint density at radius 2 is 2.18 bits per heavy atom. The highest BCUT2D eigenvalue weighted by atomic mass is 32.2. The van der Waals surface area contributed by atoms with Gasteiger partial charge in [0.2, 0.25) is 0 Å². The summed E-state index contributed by atoms with van der Waals surface area (Å²) in [5.41, 5.74) is 1.49. The molecule has 2 heterocycles. The molecule has 0 saturated carbocycles. The number of nitrogens with zero attached hydrogens (tertiary/aromatic N) is 4. The number of aromatic nitrogens is 2. The van der Waals surface area contributed by atoms with Crippen LogP contribution in [0.2, 0.25) is 0 Å². The molecule has 0 fully saturated rings. The molecule has 2 aromatic rings. The maximum atomic E-state index is 11.5. The fourth-order valence-corrected chi connectivity index (χ4v) is 3.02. The first kappa shape index (κ1) is 23.2. The lowest BCUT2D eigenvalue weighted by Gasteiger charge is -2.20. The molecule has 0 bridgehead atoms. The summed E-state index contributed by atoms with van der Waals surface area (Å²) < 4.78 is 1.65. The monoisotopic (exact) mass is 406 g/mol. The summed E-state index contributed by atoms with van der Waals surface area (Å²) in [4.78, 5) is 16.9. The van der Waals surface area contributed by atoms with Gasteiger partial charge in [-0.05, 0) is 17.9 Å². The highest BCUT2D eigenvalue weighted by Crippen LogP contribution is 2.26. The molecule has 0 unspecified atom stereocenters. The normalized spacial score (nSPS) is 11.8. The number of hydrazine groups is 1. The number of allylic oxidation sites excluding steroid dienone is 3. The first-order chi connectivity index (χ1) is 13.4. The fourth-order valence-electron chi connectivity index (χ4n) is 2.24. The Morgan fingerprint density at radius 3 is 2.71 bits per heavy atom. The van der Waals surface area contributed by atoms with Crippen molar-refractivity contribution in [3.05, 3.63) is 53.4 Å². The van der Waals surface area contributed by atoms with Crippen molar-refractivity contribution in [2.75, 3.05) is 11.6 Å². The number of nitrogens with two attached hydrogens (primary N) is 2. The van der Waals surface area contributed by atoms with E-state index in [0.717, 1.165) is 15.6 Å². The number of amidine groups is 1. The number of hydrazone groups is 1. The molecule has 2 rings (SSSR count). The lowest BCUT2D eigenvalue weighted by molar-refractivity contribution is 0.0696. The van der Waals surface area contributed by atoms with Crippen molar-refractivity contribution in [3.63, 3.8) is 0 Å². The lowest BCUT2D eigenvalue weighted by Crippen LogP contribution is -2.40. The molecule has 10 heteroatoms. The number of rotatable bonds is 7. The van der Waals surface area contributed by atoms with Crippen LogP contribution in [0.1, 0.15) is 36.8 Å². The van der Waals surface area contributed by atoms with E-state index in [1.807, 2.05) is 26.8 Å². The van der Waals surface area contributed by atoms with Gasteiger partial charge in [0, 0.05) is 11.9 Å². The Hall–Kier alpha value is -2.82. The molecule has 0 atom stereocenters. The molecular weight excluding hydrogens is 380 g/mol. The van der Waals surface area contributed by atoms with Crippen LogP contribution < -0.4 is 16.7 Å². The zero-order valence-corrected chi connectivity index (χ0v) is 17.0. The predicted octanol–water partition coefficient (Wildman–Crippen LogP) is 2.33. The van der Waals surface area contributed by atoms with Gasteiger partial charge in [-0.1, -0.05) is 32.6 Å². The number of aromatic carboxylic acids is 1. The third-order valence-corrected chi connectivity index (χ3v) is 4.57. The number of carbonyl (C=O) groups is 1. The number of pyridine rings is 1. The van der Waals surface area contributed by atoms with E-state index < -0.39 is 12.6 Å². The molecule has 6 N–H and O–H groups in total. The second kappa shape index (κ2) is 11.1. The van der Waals surface area contributed by atoms with Gasteiger partial charge in [-0.15, -0.1) is 11.8 Å². The fraction of sp³-hybridized carbons (Fsp3) is 0.278. The van der Waals surface area contributed by atoms with Crippen molar-refractivity contribution in [1.29, 1.82) is 0 Å². The van der Waals surface area contributed by atoms with E-state index in [9.17, 15) is 15.0 Å². The van der Waals surface area contributed by atoms with Gasteiger partial charge in [-0.3, -0.25) is 5.01 Å². The predicted molar refractivity (Wildman–Crippen MR) is 114 cm³/mol. The van der Waals surface area contributed by atoms with Gasteiger partial charge in [0.15, 0.2) is 11.5 Å². The number of carboxylic acid groups (broad SMARTS) is 1. The summed E-state index contributed by atoms with van der Waals surface area (Å²) in [6.45, 7) is 9.10. The van der Waals surface area contributed by atoms with E-state index >= 15 is 0 Å². The summed E-state index contributed by atoms with van der Waals surface area (Å²) in [5.74, 6) is 10.6. The van der Waals surface area contributed by atoms with E-state index in [4.69, 9.17) is 11.7 Å². The molecule has 28 heavy (non-hydrogen) atoms. The highest BCUT2D eigenvalue weighted by molar-refractivity contribution is 8.02. The molecule has 0 aromatic carbocycles. The maximum absolute atomic E-state index is 11.5. The number of hydrogen-bond donors (Lipinski definition) is 4. The Labute approximate surface area is 168 Å². The molecule has 0 spiro atoms. The number of anilines is 1. The average Bonchev–Trinajstić information content (AvgIpc) is 3.11. The third kappa shape index (κ3) is 5.35. The van der Waals surface area contributed by atoms with E-state index in [1.54, 1.807) is 28.4 Å². The van der Waals surface area contributed by atoms with Crippen LogP contribution in [0.25, 0.3) is 5.65 Å². The minimum atomic E-state index is -1.12. The third-order valence-electron chi connectivity index (χ3n) is 3.54. The SMILES string of the molecule is C=C/C=C(/C)SCc1cnc2c(N(N)/C(CO)=N\N)cc(C(=O)O)cn12.CC. The minimum absolute atomic E-state index is 0.0138. The molecule has 0 aliphatic heterocycles. The summed E-state index contributed by atoms with van der Waals surface area (Å²) in [6, 6.07) is 1.35. The van der Waals surface area contributed by atoms with Crippen LogP contribution in [0.3, 0.4) is 0 Å². The molecule has 0 aliphatic carbocycles. The first-order valence-electron chi connectivity index (χ1n) is 8.50. The van der Waals surface area contributed by atoms with Gasteiger partial charge in [-0.25, -0.2) is 15.6 Å². The van der Waals surface area contributed by atoms with Gasteiger partial charge >= 0.3 is 5.97 Å². The zero-order valence-electron chi connectivity index (χ0n) is 16.2. The smallest absolute Gasteiger partial charge is 0.337 e. The van der Waals surface area contributed by atoms with Crippen molar-refractivity contribution < 1.29 is 15.0 Å². The van der Waals surface area contributed by atoms with Crippen LogP contribution in [0.4, 0.5) is 5.69 Å². The van der Waals surface area contributed by atoms with Crippen molar-refractivity contribution in [2.24, 2.45) is 16.8 Å². The molecule has 9 nitrogen and oxygen atoms in total. The molecule has 0 radical (unpaired) electrons. The minimum Gasteiger partial charge on any atom is -0.478 e. The maximum Gasteiger partial charge on any atom is 0.337 e. The van der Waals surface area contributed by atoms with Crippen molar-refractivity contribution >= 4 is 34.9 Å². The molecule has 2 aromatic heterocycles. The van der Waals surface area contributed by atoms with Crippen molar-refractivity contribution in [3.8, 4) is 0 Å². The number of aliphatic hydroxyl groups excluding tert-OH is 1. The Balaban J connectivity index is 0.00000190. The zero-order chi connectivity index (χ0) is 21.3. The highest BCUT2D eigenvalue weighted by Gasteiger charge is 2.19. The van der Waals surface area contributed by atoms with Gasteiger partial charge in [-0.2, -0.15) is 5.10 Å². The van der Waals surface area contributed by atoms with Crippen LogP contribution in [-0.4, -0.2) is 38.0 Å². The number of imidazole rings is 1. The van der Waals surface area contributed by atoms with Crippen LogP contribution in [0.5, 0.6) is 0 Å². The Kier molecular flexibility index (Phi) is 9.22. The van der Waals surface area contributed by atoms with Gasteiger partial charge in [0.1, 0.15) is 12.3 Å². The Morgan fingerprint density at radius 1 is 1.50 bits per heavy atom. The van der Waals surface area contributed by atoms with E-state index in [1.165, 1.54) is 12.3 Å². The summed E-state index contributed by atoms with van der Waals surface area (Å²) >= 11 is 1.57. The van der Waals surface area contributed by atoms with E-state index in [0.29, 0.717) is 11.4 Å². The van der Waals surface area contributed by atoms with Crippen LogP contribution >= 0.6 is 11.8 Å². The lowest BCUT2D eigenvalue weighted by atomic mass is 10.2. The average molecular weight is 407 g/mol. The summed E-state index contributed by atoms with van der Waals surface area (Å²) in [5, 5.41) is 23.1. The van der Waals surface area contributed by atoms with Gasteiger partial charge < -0.3 is 20.5 Å².